The Bertz CT molecular complexity index is 481. The molecule has 0 atom stereocenters. The number of unbranched alkanes of at least 4 members (excludes halogenated alkanes) is 1. The molecule has 6 heteroatoms. The lowest BCUT2D eigenvalue weighted by Crippen LogP contribution is -2.37. The molecule has 1 aromatic rings. The maximum Gasteiger partial charge on any atom is 0.191 e. The lowest BCUT2D eigenvalue weighted by Gasteiger charge is -2.30. The minimum Gasteiger partial charge on any atom is -0.356 e. The second-order valence-electron chi connectivity index (χ2n) is 6.60. The van der Waals surface area contributed by atoms with Gasteiger partial charge in [-0.15, -0.1) is 35.3 Å². The predicted octanol–water partition coefficient (Wildman–Crippen LogP) is 3.85. The number of guanidine groups is 1. The zero-order chi connectivity index (χ0) is 16.5. The molecule has 1 saturated heterocycles. The van der Waals surface area contributed by atoms with Crippen molar-refractivity contribution in [1.29, 1.82) is 0 Å². The first-order chi connectivity index (χ1) is 11.2. The molecule has 24 heavy (non-hydrogen) atoms. The Morgan fingerprint density at radius 2 is 2.00 bits per heavy atom. The van der Waals surface area contributed by atoms with Gasteiger partial charge in [-0.25, -0.2) is 0 Å². The van der Waals surface area contributed by atoms with E-state index in [0.717, 1.165) is 25.0 Å². The summed E-state index contributed by atoms with van der Waals surface area (Å²) < 4.78 is 0. The molecule has 0 amide bonds. The summed E-state index contributed by atoms with van der Waals surface area (Å²) >= 11 is 1.84. The van der Waals surface area contributed by atoms with Crippen molar-refractivity contribution in [1.82, 2.24) is 15.5 Å². The number of rotatable bonds is 7. The van der Waals surface area contributed by atoms with Crippen molar-refractivity contribution in [2.45, 2.75) is 46.1 Å². The van der Waals surface area contributed by atoms with Gasteiger partial charge in [0.05, 0.1) is 6.54 Å². The summed E-state index contributed by atoms with van der Waals surface area (Å²) in [4.78, 5) is 9.62. The highest BCUT2D eigenvalue weighted by molar-refractivity contribution is 14.0. The molecule has 0 spiro atoms. The number of thiophene rings is 1. The fraction of sp³-hybridized carbons (Fsp3) is 0.722. The molecule has 1 aromatic heterocycles. The number of piperidine rings is 1. The van der Waals surface area contributed by atoms with Crippen molar-refractivity contribution in [2.24, 2.45) is 10.9 Å². The molecule has 1 aliphatic rings. The van der Waals surface area contributed by atoms with Crippen molar-refractivity contribution < 1.29 is 0 Å². The van der Waals surface area contributed by atoms with Crippen LogP contribution in [-0.2, 0) is 6.54 Å². The van der Waals surface area contributed by atoms with Gasteiger partial charge in [-0.2, -0.15) is 0 Å². The number of aliphatic imine (C=N–C) groups is 1. The second-order valence-corrected chi connectivity index (χ2v) is 7.97. The number of halogens is 1. The normalized spacial score (nSPS) is 16.7. The minimum atomic E-state index is 0. The van der Waals surface area contributed by atoms with E-state index in [-0.39, 0.29) is 24.0 Å². The van der Waals surface area contributed by atoms with E-state index in [1.165, 1.54) is 55.1 Å². The van der Waals surface area contributed by atoms with Crippen LogP contribution in [0.5, 0.6) is 0 Å². The van der Waals surface area contributed by atoms with Crippen molar-refractivity contribution in [3.05, 3.63) is 21.9 Å². The van der Waals surface area contributed by atoms with Gasteiger partial charge in [0.1, 0.15) is 0 Å². The molecule has 2 N–H and O–H groups in total. The smallest absolute Gasteiger partial charge is 0.191 e. The van der Waals surface area contributed by atoms with Crippen LogP contribution >= 0.6 is 35.3 Å². The van der Waals surface area contributed by atoms with Gasteiger partial charge in [-0.1, -0.05) is 6.92 Å². The van der Waals surface area contributed by atoms with Crippen LogP contribution in [0.1, 0.15) is 42.4 Å². The minimum absolute atomic E-state index is 0. The summed E-state index contributed by atoms with van der Waals surface area (Å²) in [6.07, 6.45) is 5.21. The Labute approximate surface area is 168 Å². The number of aryl methyl sites for hydroxylation is 1. The summed E-state index contributed by atoms with van der Waals surface area (Å²) in [7, 11) is 1.84. The van der Waals surface area contributed by atoms with Crippen molar-refractivity contribution >= 4 is 41.3 Å². The molecule has 1 fully saturated rings. The van der Waals surface area contributed by atoms with Gasteiger partial charge in [0, 0.05) is 23.3 Å². The van der Waals surface area contributed by atoms with E-state index in [1.807, 2.05) is 18.4 Å². The molecule has 0 radical (unpaired) electrons. The summed E-state index contributed by atoms with van der Waals surface area (Å²) in [5.41, 5.74) is 0. The van der Waals surface area contributed by atoms with Gasteiger partial charge >= 0.3 is 0 Å². The summed E-state index contributed by atoms with van der Waals surface area (Å²) in [5, 5.41) is 6.80. The van der Waals surface area contributed by atoms with Gasteiger partial charge in [0.2, 0.25) is 0 Å². The van der Waals surface area contributed by atoms with Gasteiger partial charge in [-0.3, -0.25) is 4.99 Å². The SMILES string of the molecule is CN=C(NCCCCN1CCC(C)CC1)NCc1ccc(C)s1.I. The first-order valence-electron chi connectivity index (χ1n) is 8.89. The molecule has 1 aliphatic heterocycles. The predicted molar refractivity (Wildman–Crippen MR) is 117 cm³/mol. The fourth-order valence-electron chi connectivity index (χ4n) is 2.92. The molecule has 2 rings (SSSR count). The largest absolute Gasteiger partial charge is 0.356 e. The van der Waals surface area contributed by atoms with Crippen LogP contribution in [0.25, 0.3) is 0 Å². The summed E-state index contributed by atoms with van der Waals surface area (Å²) in [6.45, 7) is 10.2. The van der Waals surface area contributed by atoms with Gasteiger partial charge in [-0.05, 0) is 70.3 Å². The van der Waals surface area contributed by atoms with E-state index in [9.17, 15) is 0 Å². The van der Waals surface area contributed by atoms with E-state index < -0.39 is 0 Å². The van der Waals surface area contributed by atoms with Crippen LogP contribution in [0.15, 0.2) is 17.1 Å². The highest BCUT2D eigenvalue weighted by Gasteiger charge is 2.14. The third-order valence-electron chi connectivity index (χ3n) is 4.52. The number of nitrogens with zero attached hydrogens (tertiary/aromatic N) is 2. The van der Waals surface area contributed by atoms with Crippen LogP contribution in [0.2, 0.25) is 0 Å². The topological polar surface area (TPSA) is 39.7 Å². The monoisotopic (exact) mass is 464 g/mol. The van der Waals surface area contributed by atoms with E-state index in [2.05, 4.69) is 46.5 Å². The first kappa shape index (κ1) is 21.7. The number of likely N-dealkylation sites (tertiary alicyclic amines) is 1. The number of hydrogen-bond acceptors (Lipinski definition) is 3. The summed E-state index contributed by atoms with van der Waals surface area (Å²) in [5.74, 6) is 1.83. The first-order valence-corrected chi connectivity index (χ1v) is 9.71. The van der Waals surface area contributed by atoms with E-state index >= 15 is 0 Å². The van der Waals surface area contributed by atoms with Crippen molar-refractivity contribution in [3.63, 3.8) is 0 Å². The van der Waals surface area contributed by atoms with Gasteiger partial charge in [0.15, 0.2) is 5.96 Å². The Morgan fingerprint density at radius 3 is 2.62 bits per heavy atom. The maximum atomic E-state index is 4.29. The van der Waals surface area contributed by atoms with Crippen LogP contribution in [0, 0.1) is 12.8 Å². The quantitative estimate of drug-likeness (QED) is 0.279. The van der Waals surface area contributed by atoms with Crippen molar-refractivity contribution in [2.75, 3.05) is 33.2 Å². The van der Waals surface area contributed by atoms with E-state index in [1.54, 1.807) is 0 Å². The van der Waals surface area contributed by atoms with Gasteiger partial charge < -0.3 is 15.5 Å². The standard InChI is InChI=1S/C18H32N4S.HI/c1-15-8-12-22(13-9-15)11-5-4-10-20-18(19-3)21-14-17-7-6-16(2)23-17;/h6-7,15H,4-5,8-14H2,1-3H3,(H2,19,20,21);1H. The second kappa shape index (κ2) is 12.1. The third-order valence-corrected chi connectivity index (χ3v) is 5.52. The molecular formula is C18H33IN4S. The molecule has 4 nitrogen and oxygen atoms in total. The lowest BCUT2D eigenvalue weighted by molar-refractivity contribution is 0.189. The molecule has 0 unspecified atom stereocenters. The molecule has 0 bridgehead atoms. The number of hydrogen-bond donors (Lipinski definition) is 2. The van der Waals surface area contributed by atoms with Crippen LogP contribution in [0.3, 0.4) is 0 Å². The zero-order valence-electron chi connectivity index (χ0n) is 15.3. The molecule has 0 aromatic carbocycles. The Kier molecular flexibility index (Phi) is 10.9. The van der Waals surface area contributed by atoms with Crippen molar-refractivity contribution in [3.8, 4) is 0 Å². The highest BCUT2D eigenvalue weighted by Crippen LogP contribution is 2.16. The number of nitrogens with one attached hydrogen (secondary N) is 2. The Morgan fingerprint density at radius 1 is 1.25 bits per heavy atom. The Balaban J connectivity index is 0.00000288. The van der Waals surface area contributed by atoms with Gasteiger partial charge in [0.25, 0.3) is 0 Å². The highest BCUT2D eigenvalue weighted by atomic mass is 127. The van der Waals surface area contributed by atoms with Crippen LogP contribution in [-0.4, -0.2) is 44.1 Å². The summed E-state index contributed by atoms with van der Waals surface area (Å²) in [6, 6.07) is 4.35. The molecule has 0 saturated carbocycles. The third kappa shape index (κ3) is 8.16. The average Bonchev–Trinajstić information content (AvgIpc) is 2.97. The zero-order valence-corrected chi connectivity index (χ0v) is 18.5. The molecule has 0 aliphatic carbocycles. The fourth-order valence-corrected chi connectivity index (χ4v) is 3.75. The van der Waals surface area contributed by atoms with E-state index in [4.69, 9.17) is 0 Å². The van der Waals surface area contributed by atoms with E-state index in [0.29, 0.717) is 0 Å². The van der Waals surface area contributed by atoms with Crippen LogP contribution in [0.4, 0.5) is 0 Å². The average molecular weight is 464 g/mol. The molecule has 138 valence electrons. The molecule has 2 heterocycles. The lowest BCUT2D eigenvalue weighted by atomic mass is 9.99. The maximum absolute atomic E-state index is 4.29. The Hall–Kier alpha value is -0.340. The van der Waals surface area contributed by atoms with Crippen LogP contribution < -0.4 is 10.6 Å². The molecular weight excluding hydrogens is 431 g/mol.